The minimum atomic E-state index is 0.471. The topological polar surface area (TPSA) is 43.8 Å². The number of hydrogen-bond donors (Lipinski definition) is 1. The van der Waals surface area contributed by atoms with Gasteiger partial charge in [0.2, 0.25) is 0 Å². The highest BCUT2D eigenvalue weighted by Gasteiger charge is 2.12. The molecule has 1 unspecified atom stereocenters. The Morgan fingerprint density at radius 2 is 2.23 bits per heavy atom. The third-order valence-corrected chi connectivity index (χ3v) is 2.47. The molecular weight excluding hydrogens is 162 g/mol. The predicted octanol–water partition coefficient (Wildman–Crippen LogP) is 2.52. The second-order valence-electron chi connectivity index (χ2n) is 3.51. The van der Waals surface area contributed by atoms with Gasteiger partial charge in [0.15, 0.2) is 0 Å². The molecule has 0 spiro atoms. The molecule has 1 rings (SSSR count). The maximum Gasteiger partial charge on any atom is 0.124 e. The minimum absolute atomic E-state index is 0.471. The number of anilines is 1. The van der Waals surface area contributed by atoms with Crippen molar-refractivity contribution in [2.45, 2.75) is 46.1 Å². The van der Waals surface area contributed by atoms with Crippen molar-refractivity contribution < 1.29 is 0 Å². The Balaban J connectivity index is 2.84. The molecule has 74 valence electrons. The second-order valence-corrected chi connectivity index (χ2v) is 3.51. The van der Waals surface area contributed by atoms with E-state index < -0.39 is 0 Å². The zero-order chi connectivity index (χ0) is 9.84. The Kier molecular flexibility index (Phi) is 3.34. The molecular formula is C10H19N3. The lowest BCUT2D eigenvalue weighted by Crippen LogP contribution is -2.12. The van der Waals surface area contributed by atoms with Crippen LogP contribution in [0.5, 0.6) is 0 Å². The fraction of sp³-hybridized carbons (Fsp3) is 0.700. The molecule has 0 aromatic carbocycles. The summed E-state index contributed by atoms with van der Waals surface area (Å²) in [6.45, 7) is 6.36. The Hall–Kier alpha value is -0.990. The van der Waals surface area contributed by atoms with Crippen LogP contribution in [0.4, 0.5) is 5.82 Å². The van der Waals surface area contributed by atoms with Gasteiger partial charge in [-0.25, -0.2) is 4.68 Å². The van der Waals surface area contributed by atoms with E-state index in [1.165, 1.54) is 6.42 Å². The van der Waals surface area contributed by atoms with E-state index in [9.17, 15) is 0 Å². The number of aromatic nitrogens is 2. The summed E-state index contributed by atoms with van der Waals surface area (Å²) in [4.78, 5) is 0. The lowest BCUT2D eigenvalue weighted by molar-refractivity contribution is 0.414. The zero-order valence-corrected chi connectivity index (χ0v) is 8.75. The molecule has 1 atom stereocenters. The monoisotopic (exact) mass is 181 g/mol. The summed E-state index contributed by atoms with van der Waals surface area (Å²) in [6.07, 6.45) is 5.27. The van der Waals surface area contributed by atoms with Crippen molar-refractivity contribution in [2.24, 2.45) is 0 Å². The van der Waals surface area contributed by atoms with Crippen LogP contribution in [0.3, 0.4) is 0 Å². The molecule has 1 heterocycles. The summed E-state index contributed by atoms with van der Waals surface area (Å²) in [5.74, 6) is 0.820. The van der Waals surface area contributed by atoms with E-state index in [0.717, 1.165) is 24.2 Å². The third kappa shape index (κ3) is 2.02. The molecule has 0 saturated carbocycles. The molecule has 0 aliphatic heterocycles. The van der Waals surface area contributed by atoms with Gasteiger partial charge in [0.1, 0.15) is 5.82 Å². The number of hydrogen-bond acceptors (Lipinski definition) is 2. The first-order valence-corrected chi connectivity index (χ1v) is 5.00. The molecule has 0 saturated heterocycles. The van der Waals surface area contributed by atoms with Crippen LogP contribution in [0, 0.1) is 6.92 Å². The summed E-state index contributed by atoms with van der Waals surface area (Å²) in [7, 11) is 0. The van der Waals surface area contributed by atoms with Gasteiger partial charge in [0, 0.05) is 5.56 Å². The van der Waals surface area contributed by atoms with Gasteiger partial charge in [-0.15, -0.1) is 0 Å². The highest BCUT2D eigenvalue weighted by Crippen LogP contribution is 2.22. The van der Waals surface area contributed by atoms with Crippen molar-refractivity contribution >= 4 is 5.82 Å². The minimum Gasteiger partial charge on any atom is -0.384 e. The zero-order valence-electron chi connectivity index (χ0n) is 8.75. The fourth-order valence-corrected chi connectivity index (χ4v) is 1.58. The van der Waals surface area contributed by atoms with Gasteiger partial charge in [-0.1, -0.05) is 20.3 Å². The van der Waals surface area contributed by atoms with Gasteiger partial charge >= 0.3 is 0 Å². The lowest BCUT2D eigenvalue weighted by Gasteiger charge is -2.16. The van der Waals surface area contributed by atoms with E-state index in [2.05, 4.69) is 18.9 Å². The van der Waals surface area contributed by atoms with Crippen molar-refractivity contribution in [1.29, 1.82) is 0 Å². The average Bonchev–Trinajstić information content (AvgIpc) is 2.45. The van der Waals surface area contributed by atoms with Crippen LogP contribution in [-0.4, -0.2) is 9.78 Å². The van der Waals surface area contributed by atoms with E-state index in [-0.39, 0.29) is 0 Å². The molecule has 1 aromatic rings. The van der Waals surface area contributed by atoms with E-state index in [4.69, 9.17) is 5.73 Å². The molecule has 0 amide bonds. The highest BCUT2D eigenvalue weighted by atomic mass is 15.3. The largest absolute Gasteiger partial charge is 0.384 e. The standard InChI is InChI=1S/C10H19N3/c1-4-6-9(5-2)13-10(11)8(3)7-12-13/h7,9H,4-6,11H2,1-3H3. The molecule has 0 bridgehead atoms. The Morgan fingerprint density at radius 1 is 1.54 bits per heavy atom. The number of aryl methyl sites for hydroxylation is 1. The van der Waals surface area contributed by atoms with Crippen molar-refractivity contribution in [2.75, 3.05) is 5.73 Å². The second kappa shape index (κ2) is 4.30. The van der Waals surface area contributed by atoms with Crippen LogP contribution in [0.25, 0.3) is 0 Å². The van der Waals surface area contributed by atoms with Crippen LogP contribution < -0.4 is 5.73 Å². The molecule has 3 heteroatoms. The molecule has 1 aromatic heterocycles. The summed E-state index contributed by atoms with van der Waals surface area (Å²) in [5, 5.41) is 4.30. The van der Waals surface area contributed by atoms with Crippen molar-refractivity contribution in [3.05, 3.63) is 11.8 Å². The SMILES string of the molecule is CCCC(CC)n1ncc(C)c1N. The Bertz CT molecular complexity index is 265. The van der Waals surface area contributed by atoms with E-state index in [0.29, 0.717) is 6.04 Å². The van der Waals surface area contributed by atoms with Gasteiger partial charge in [0.05, 0.1) is 12.2 Å². The number of nitrogens with two attached hydrogens (primary N) is 1. The summed E-state index contributed by atoms with van der Waals surface area (Å²) in [6, 6.07) is 0.471. The van der Waals surface area contributed by atoms with Crippen molar-refractivity contribution in [1.82, 2.24) is 9.78 Å². The van der Waals surface area contributed by atoms with E-state index in [1.807, 2.05) is 17.8 Å². The van der Waals surface area contributed by atoms with Gasteiger partial charge in [-0.2, -0.15) is 5.10 Å². The average molecular weight is 181 g/mol. The van der Waals surface area contributed by atoms with E-state index in [1.54, 1.807) is 0 Å². The summed E-state index contributed by atoms with van der Waals surface area (Å²) in [5.41, 5.74) is 6.99. The quantitative estimate of drug-likeness (QED) is 0.775. The maximum atomic E-state index is 5.91. The fourth-order valence-electron chi connectivity index (χ4n) is 1.58. The molecule has 2 N–H and O–H groups in total. The van der Waals surface area contributed by atoms with Crippen LogP contribution in [0.1, 0.15) is 44.7 Å². The van der Waals surface area contributed by atoms with Gasteiger partial charge in [0.25, 0.3) is 0 Å². The van der Waals surface area contributed by atoms with Gasteiger partial charge < -0.3 is 5.73 Å². The first kappa shape index (κ1) is 10.1. The molecule has 13 heavy (non-hydrogen) atoms. The molecule has 3 nitrogen and oxygen atoms in total. The first-order chi connectivity index (χ1) is 6.20. The maximum absolute atomic E-state index is 5.91. The number of nitrogens with zero attached hydrogens (tertiary/aromatic N) is 2. The van der Waals surface area contributed by atoms with Crippen molar-refractivity contribution in [3.8, 4) is 0 Å². The van der Waals surface area contributed by atoms with Crippen molar-refractivity contribution in [3.63, 3.8) is 0 Å². The molecule has 0 fully saturated rings. The first-order valence-electron chi connectivity index (χ1n) is 5.00. The Morgan fingerprint density at radius 3 is 2.62 bits per heavy atom. The van der Waals surface area contributed by atoms with Gasteiger partial charge in [-0.3, -0.25) is 0 Å². The lowest BCUT2D eigenvalue weighted by atomic mass is 10.1. The molecule has 0 aliphatic rings. The predicted molar refractivity (Wildman–Crippen MR) is 55.6 cm³/mol. The number of rotatable bonds is 4. The molecule has 0 radical (unpaired) electrons. The van der Waals surface area contributed by atoms with Crippen LogP contribution in [0.15, 0.2) is 6.20 Å². The van der Waals surface area contributed by atoms with Gasteiger partial charge in [-0.05, 0) is 19.8 Å². The smallest absolute Gasteiger partial charge is 0.124 e. The summed E-state index contributed by atoms with van der Waals surface area (Å²) < 4.78 is 1.96. The molecule has 0 aliphatic carbocycles. The van der Waals surface area contributed by atoms with Crippen LogP contribution in [0.2, 0.25) is 0 Å². The van der Waals surface area contributed by atoms with Crippen LogP contribution in [-0.2, 0) is 0 Å². The van der Waals surface area contributed by atoms with Crippen LogP contribution >= 0.6 is 0 Å². The Labute approximate surface area is 79.9 Å². The summed E-state index contributed by atoms with van der Waals surface area (Å²) >= 11 is 0. The third-order valence-electron chi connectivity index (χ3n) is 2.47. The highest BCUT2D eigenvalue weighted by molar-refractivity contribution is 5.37. The normalized spacial score (nSPS) is 13.2. The number of nitrogen functional groups attached to an aromatic ring is 1. The van der Waals surface area contributed by atoms with E-state index >= 15 is 0 Å².